The molecule has 8 heteroatoms. The number of ether oxygens (including phenoxy) is 1. The summed E-state index contributed by atoms with van der Waals surface area (Å²) in [6.07, 6.45) is 1.27. The van der Waals surface area contributed by atoms with Crippen LogP contribution in [0.25, 0.3) is 10.8 Å². The summed E-state index contributed by atoms with van der Waals surface area (Å²) in [5.41, 5.74) is 3.32. The van der Waals surface area contributed by atoms with Gasteiger partial charge in [-0.1, -0.05) is 66.2 Å². The molecule has 1 atom stereocenters. The molecule has 4 aromatic rings. The zero-order valence-corrected chi connectivity index (χ0v) is 24.0. The molecular weight excluding hydrogens is 528 g/mol. The highest BCUT2D eigenvalue weighted by Gasteiger charge is 2.36. The van der Waals surface area contributed by atoms with E-state index in [1.807, 2.05) is 49.1 Å². The molecule has 0 saturated carbocycles. The number of nitrogens with zero attached hydrogens (tertiary/aromatic N) is 2. The van der Waals surface area contributed by atoms with Crippen LogP contribution < -0.4 is 0 Å². The van der Waals surface area contributed by atoms with Crippen molar-refractivity contribution in [3.8, 4) is 0 Å². The number of rotatable bonds is 10. The van der Waals surface area contributed by atoms with Crippen LogP contribution in [0.2, 0.25) is 0 Å². The van der Waals surface area contributed by atoms with Gasteiger partial charge in [-0.15, -0.1) is 11.3 Å². The van der Waals surface area contributed by atoms with Crippen LogP contribution in [0.1, 0.15) is 41.0 Å². The van der Waals surface area contributed by atoms with Gasteiger partial charge in [0.2, 0.25) is 15.9 Å². The highest BCUT2D eigenvalue weighted by Crippen LogP contribution is 2.38. The minimum Gasteiger partial charge on any atom is -0.382 e. The molecule has 0 radical (unpaired) electrons. The van der Waals surface area contributed by atoms with Crippen molar-refractivity contribution in [1.82, 2.24) is 9.21 Å². The molecule has 0 spiro atoms. The smallest absolute Gasteiger partial charge is 0.244 e. The first-order valence-electron chi connectivity index (χ1n) is 13.4. The summed E-state index contributed by atoms with van der Waals surface area (Å²) in [4.78, 5) is 17.4. The minimum atomic E-state index is -3.95. The van der Waals surface area contributed by atoms with Crippen LogP contribution in [0.15, 0.2) is 83.1 Å². The summed E-state index contributed by atoms with van der Waals surface area (Å²) >= 11 is 1.71. The van der Waals surface area contributed by atoms with Crippen molar-refractivity contribution in [3.63, 3.8) is 0 Å². The van der Waals surface area contributed by atoms with Gasteiger partial charge in [-0.2, -0.15) is 4.31 Å². The van der Waals surface area contributed by atoms with E-state index in [2.05, 4.69) is 35.7 Å². The van der Waals surface area contributed by atoms with Crippen molar-refractivity contribution >= 4 is 38.0 Å². The van der Waals surface area contributed by atoms with Crippen molar-refractivity contribution in [2.24, 2.45) is 0 Å². The van der Waals surface area contributed by atoms with Crippen LogP contribution in [-0.4, -0.2) is 56.4 Å². The molecule has 3 aromatic carbocycles. The molecule has 1 amide bonds. The van der Waals surface area contributed by atoms with Gasteiger partial charge in [0.1, 0.15) is 0 Å². The quantitative estimate of drug-likeness (QED) is 0.229. The van der Waals surface area contributed by atoms with Crippen molar-refractivity contribution in [2.45, 2.75) is 37.6 Å². The Morgan fingerprint density at radius 2 is 1.82 bits per heavy atom. The summed E-state index contributed by atoms with van der Waals surface area (Å²) < 4.78 is 35.0. The Labute approximate surface area is 234 Å². The summed E-state index contributed by atoms with van der Waals surface area (Å²) in [5.74, 6) is -0.197. The fourth-order valence-electron chi connectivity index (χ4n) is 5.27. The van der Waals surface area contributed by atoms with Gasteiger partial charge in [-0.3, -0.25) is 4.79 Å². The number of carbonyl (C=O) groups excluding carboxylic acids is 1. The molecule has 204 valence electrons. The molecule has 5 rings (SSSR count). The van der Waals surface area contributed by atoms with E-state index in [1.54, 1.807) is 23.5 Å². The maximum Gasteiger partial charge on any atom is 0.244 e. The van der Waals surface area contributed by atoms with Crippen LogP contribution in [0, 0.1) is 6.92 Å². The molecule has 0 unspecified atom stereocenters. The van der Waals surface area contributed by atoms with E-state index >= 15 is 0 Å². The maximum absolute atomic E-state index is 14.1. The highest BCUT2D eigenvalue weighted by molar-refractivity contribution is 7.89. The van der Waals surface area contributed by atoms with E-state index in [1.165, 1.54) is 9.18 Å². The Balaban J connectivity index is 1.48. The molecule has 0 aliphatic carbocycles. The van der Waals surface area contributed by atoms with Gasteiger partial charge in [0.05, 0.1) is 17.5 Å². The van der Waals surface area contributed by atoms with Crippen molar-refractivity contribution < 1.29 is 17.9 Å². The summed E-state index contributed by atoms with van der Waals surface area (Å²) in [5, 5.41) is 3.57. The number of hydrogen-bond acceptors (Lipinski definition) is 5. The average Bonchev–Trinajstić information content (AvgIpc) is 3.43. The fraction of sp³-hybridized carbons (Fsp3) is 0.323. The molecule has 1 aliphatic rings. The Morgan fingerprint density at radius 3 is 2.62 bits per heavy atom. The number of benzene rings is 3. The molecule has 1 aliphatic heterocycles. The van der Waals surface area contributed by atoms with Gasteiger partial charge in [-0.25, -0.2) is 8.42 Å². The summed E-state index contributed by atoms with van der Waals surface area (Å²) in [6, 6.07) is 22.8. The zero-order chi connectivity index (χ0) is 27.4. The van der Waals surface area contributed by atoms with Crippen molar-refractivity contribution in [3.05, 3.63) is 99.7 Å². The predicted molar refractivity (Wildman–Crippen MR) is 157 cm³/mol. The monoisotopic (exact) mass is 562 g/mol. The SMILES string of the molecule is CCOCCCN(CC(=O)N1CCc2sccc2[C@H]1c1ccc(C)cc1)S(=O)(=O)c1cccc2ccccc12. The Kier molecular flexibility index (Phi) is 8.47. The lowest BCUT2D eigenvalue weighted by atomic mass is 9.92. The van der Waals surface area contributed by atoms with Crippen LogP contribution in [-0.2, 0) is 26.0 Å². The second kappa shape index (κ2) is 12.0. The van der Waals surface area contributed by atoms with E-state index in [-0.39, 0.29) is 29.9 Å². The van der Waals surface area contributed by atoms with Gasteiger partial charge in [-0.05, 0) is 60.7 Å². The lowest BCUT2D eigenvalue weighted by Crippen LogP contribution is -2.47. The number of sulfonamides is 1. The molecule has 0 saturated heterocycles. The molecule has 0 N–H and O–H groups in total. The second-order valence-electron chi connectivity index (χ2n) is 9.82. The molecule has 0 fully saturated rings. The molecule has 6 nitrogen and oxygen atoms in total. The number of amides is 1. The molecule has 1 aromatic heterocycles. The molecular formula is C31H34N2O4S2. The Hall–Kier alpha value is -3.04. The van der Waals surface area contributed by atoms with Gasteiger partial charge in [0.25, 0.3) is 0 Å². The second-order valence-corrected chi connectivity index (χ2v) is 12.7. The lowest BCUT2D eigenvalue weighted by molar-refractivity contribution is -0.133. The number of fused-ring (bicyclic) bond motifs is 2. The van der Waals surface area contributed by atoms with Crippen molar-refractivity contribution in [2.75, 3.05) is 32.8 Å². The largest absolute Gasteiger partial charge is 0.382 e. The maximum atomic E-state index is 14.1. The van der Waals surface area contributed by atoms with Crippen LogP contribution in [0.4, 0.5) is 0 Å². The van der Waals surface area contributed by atoms with Gasteiger partial charge < -0.3 is 9.64 Å². The first-order valence-corrected chi connectivity index (χ1v) is 15.7. The zero-order valence-electron chi connectivity index (χ0n) is 22.4. The number of aryl methyl sites for hydroxylation is 1. The third-order valence-corrected chi connectivity index (χ3v) is 10.2. The molecule has 2 heterocycles. The van der Waals surface area contributed by atoms with Gasteiger partial charge in [0.15, 0.2) is 0 Å². The van der Waals surface area contributed by atoms with E-state index in [9.17, 15) is 13.2 Å². The predicted octanol–water partition coefficient (Wildman–Crippen LogP) is 5.80. The fourth-order valence-corrected chi connectivity index (χ4v) is 7.81. The summed E-state index contributed by atoms with van der Waals surface area (Å²) in [7, 11) is -3.95. The average molecular weight is 563 g/mol. The summed E-state index contributed by atoms with van der Waals surface area (Å²) in [6.45, 7) is 5.47. The number of hydrogen-bond donors (Lipinski definition) is 0. The lowest BCUT2D eigenvalue weighted by Gasteiger charge is -2.37. The first-order chi connectivity index (χ1) is 18.9. The standard InChI is InChI=1S/C31H34N2O4S2/c1-3-37-20-7-18-32(39(35,36)29-11-6-9-24-8-4-5-10-26(24)29)22-30(34)33-19-16-28-27(17-21-38-28)31(33)25-14-12-23(2)13-15-25/h4-6,8-15,17,21,31H,3,7,16,18-20,22H2,1-2H3/t31-/m1/s1. The van der Waals surface area contributed by atoms with Crippen molar-refractivity contribution in [1.29, 1.82) is 0 Å². The minimum absolute atomic E-state index is 0.197. The normalized spacial score (nSPS) is 15.6. The molecule has 39 heavy (non-hydrogen) atoms. The number of carbonyl (C=O) groups is 1. The Bertz CT molecular complexity index is 1540. The number of thiophene rings is 1. The first kappa shape index (κ1) is 27.5. The van der Waals surface area contributed by atoms with E-state index in [0.717, 1.165) is 28.5 Å². The third kappa shape index (κ3) is 5.79. The van der Waals surface area contributed by atoms with Crippen LogP contribution in [0.5, 0.6) is 0 Å². The van der Waals surface area contributed by atoms with E-state index in [4.69, 9.17) is 4.74 Å². The third-order valence-electron chi connectivity index (χ3n) is 7.26. The van der Waals surface area contributed by atoms with Gasteiger partial charge in [0, 0.05) is 36.6 Å². The van der Waals surface area contributed by atoms with Gasteiger partial charge >= 0.3 is 0 Å². The molecule has 0 bridgehead atoms. The van der Waals surface area contributed by atoms with Crippen LogP contribution >= 0.6 is 11.3 Å². The Morgan fingerprint density at radius 1 is 1.05 bits per heavy atom. The van der Waals surface area contributed by atoms with Crippen LogP contribution in [0.3, 0.4) is 0 Å². The van der Waals surface area contributed by atoms with E-state index < -0.39 is 10.0 Å². The van der Waals surface area contributed by atoms with E-state index in [0.29, 0.717) is 31.6 Å². The highest BCUT2D eigenvalue weighted by atomic mass is 32.2. The topological polar surface area (TPSA) is 66.9 Å².